The van der Waals surface area contributed by atoms with Gasteiger partial charge in [0.1, 0.15) is 5.41 Å². The summed E-state index contributed by atoms with van der Waals surface area (Å²) in [4.78, 5) is 11.4. The lowest BCUT2D eigenvalue weighted by molar-refractivity contribution is -0.149. The zero-order chi connectivity index (χ0) is 9.90. The summed E-state index contributed by atoms with van der Waals surface area (Å²) >= 11 is 0. The highest BCUT2D eigenvalue weighted by atomic mass is 35.5. The zero-order valence-corrected chi connectivity index (χ0v) is 9.12. The van der Waals surface area contributed by atoms with Crippen LogP contribution in [0.25, 0.3) is 0 Å². The molecule has 82 valence electrons. The average Bonchev–Trinajstić information content (AvgIpc) is 2.17. The fourth-order valence-electron chi connectivity index (χ4n) is 1.55. The Kier molecular flexibility index (Phi) is 5.08. The number of rotatable bonds is 1. The van der Waals surface area contributed by atoms with Gasteiger partial charge < -0.3 is 10.1 Å². The number of carbonyl (C=O) groups excluding carboxylic acids is 1. The number of nitrogens with one attached hydrogen (secondary N) is 1. The van der Waals surface area contributed by atoms with Crippen molar-refractivity contribution in [3.63, 3.8) is 0 Å². The standard InChI is InChI=1S/C9H14FNO2.ClH/c1-9(8(12)13-2)6-11-4-3-7(9)5-10;/h5,11H,3-4,6H2,1-2H3;1H. The molecule has 1 fully saturated rings. The molecule has 0 amide bonds. The van der Waals surface area contributed by atoms with Gasteiger partial charge in [-0.2, -0.15) is 0 Å². The van der Waals surface area contributed by atoms with Gasteiger partial charge in [-0.3, -0.25) is 4.79 Å². The molecule has 1 N–H and O–H groups in total. The number of piperidine rings is 1. The van der Waals surface area contributed by atoms with Crippen LogP contribution in [-0.2, 0) is 9.53 Å². The summed E-state index contributed by atoms with van der Waals surface area (Å²) in [6.45, 7) is 2.84. The smallest absolute Gasteiger partial charge is 0.317 e. The Hall–Kier alpha value is -0.610. The van der Waals surface area contributed by atoms with Gasteiger partial charge in [-0.15, -0.1) is 12.4 Å². The maximum Gasteiger partial charge on any atom is 0.317 e. The topological polar surface area (TPSA) is 38.3 Å². The Balaban J connectivity index is 0.00000169. The number of carbonyl (C=O) groups is 1. The molecular weight excluding hydrogens is 209 g/mol. The molecule has 3 nitrogen and oxygen atoms in total. The van der Waals surface area contributed by atoms with E-state index in [0.717, 1.165) is 0 Å². The van der Waals surface area contributed by atoms with Crippen LogP contribution >= 0.6 is 12.4 Å². The molecule has 1 saturated heterocycles. The molecule has 0 aromatic rings. The van der Waals surface area contributed by atoms with Gasteiger partial charge in [-0.25, -0.2) is 4.39 Å². The van der Waals surface area contributed by atoms with Crippen molar-refractivity contribution in [1.29, 1.82) is 0 Å². The molecule has 1 atom stereocenters. The molecule has 1 unspecified atom stereocenters. The van der Waals surface area contributed by atoms with Crippen molar-refractivity contribution in [3.05, 3.63) is 11.9 Å². The van der Waals surface area contributed by atoms with Crippen molar-refractivity contribution in [3.8, 4) is 0 Å². The summed E-state index contributed by atoms with van der Waals surface area (Å²) < 4.78 is 17.1. The lowest BCUT2D eigenvalue weighted by atomic mass is 9.78. The maximum atomic E-state index is 12.5. The van der Waals surface area contributed by atoms with Crippen LogP contribution in [0.3, 0.4) is 0 Å². The molecular formula is C9H15ClFNO2. The highest BCUT2D eigenvalue weighted by Crippen LogP contribution is 2.32. The largest absolute Gasteiger partial charge is 0.468 e. The van der Waals surface area contributed by atoms with E-state index in [1.54, 1.807) is 6.92 Å². The van der Waals surface area contributed by atoms with Crippen LogP contribution in [0.15, 0.2) is 11.9 Å². The summed E-state index contributed by atoms with van der Waals surface area (Å²) in [5, 5.41) is 3.05. The van der Waals surface area contributed by atoms with Crippen LogP contribution in [0.4, 0.5) is 4.39 Å². The van der Waals surface area contributed by atoms with E-state index < -0.39 is 5.41 Å². The molecule has 5 heteroatoms. The Morgan fingerprint density at radius 1 is 1.71 bits per heavy atom. The van der Waals surface area contributed by atoms with Crippen LogP contribution in [0.5, 0.6) is 0 Å². The van der Waals surface area contributed by atoms with Gasteiger partial charge in [-0.1, -0.05) is 0 Å². The van der Waals surface area contributed by atoms with E-state index in [1.165, 1.54) is 7.11 Å². The Morgan fingerprint density at radius 2 is 2.36 bits per heavy atom. The van der Waals surface area contributed by atoms with Crippen molar-refractivity contribution in [2.45, 2.75) is 13.3 Å². The summed E-state index contributed by atoms with van der Waals surface area (Å²) in [6.07, 6.45) is 1.08. The van der Waals surface area contributed by atoms with Crippen molar-refractivity contribution in [1.82, 2.24) is 5.32 Å². The van der Waals surface area contributed by atoms with E-state index >= 15 is 0 Å². The second kappa shape index (κ2) is 5.32. The fourth-order valence-corrected chi connectivity index (χ4v) is 1.55. The maximum absolute atomic E-state index is 12.5. The Morgan fingerprint density at radius 3 is 2.86 bits per heavy atom. The molecule has 1 rings (SSSR count). The van der Waals surface area contributed by atoms with E-state index in [0.29, 0.717) is 31.4 Å². The summed E-state index contributed by atoms with van der Waals surface area (Å²) in [7, 11) is 1.32. The van der Waals surface area contributed by atoms with Gasteiger partial charge in [0.25, 0.3) is 0 Å². The number of hydrogen-bond donors (Lipinski definition) is 1. The predicted molar refractivity (Wildman–Crippen MR) is 54.0 cm³/mol. The molecule has 14 heavy (non-hydrogen) atoms. The van der Waals surface area contributed by atoms with E-state index in [1.807, 2.05) is 0 Å². The molecule has 1 heterocycles. The molecule has 0 aliphatic carbocycles. The second-order valence-corrected chi connectivity index (χ2v) is 3.38. The van der Waals surface area contributed by atoms with E-state index in [9.17, 15) is 9.18 Å². The molecule has 0 spiro atoms. The molecule has 0 saturated carbocycles. The molecule has 0 aromatic carbocycles. The Labute approximate surface area is 89.1 Å². The SMILES string of the molecule is COC(=O)C1(C)CNCCC1=CF.Cl. The molecule has 0 bridgehead atoms. The van der Waals surface area contributed by atoms with Crippen molar-refractivity contribution in [2.24, 2.45) is 5.41 Å². The van der Waals surface area contributed by atoms with Gasteiger partial charge in [-0.05, 0) is 25.5 Å². The quantitative estimate of drug-likeness (QED) is 0.684. The van der Waals surface area contributed by atoms with Crippen LogP contribution in [0.2, 0.25) is 0 Å². The molecule has 0 radical (unpaired) electrons. The summed E-state index contributed by atoms with van der Waals surface area (Å²) in [5.74, 6) is -0.386. The Bertz CT molecular complexity index is 245. The van der Waals surface area contributed by atoms with Crippen molar-refractivity contribution >= 4 is 18.4 Å². The minimum atomic E-state index is -0.832. The fraction of sp³-hybridized carbons (Fsp3) is 0.667. The van der Waals surface area contributed by atoms with Crippen molar-refractivity contribution in [2.75, 3.05) is 20.2 Å². The monoisotopic (exact) mass is 223 g/mol. The number of halogens is 2. The second-order valence-electron chi connectivity index (χ2n) is 3.38. The average molecular weight is 224 g/mol. The molecule has 0 aromatic heterocycles. The molecule has 1 aliphatic heterocycles. The first kappa shape index (κ1) is 13.4. The number of esters is 1. The minimum absolute atomic E-state index is 0. The normalized spacial score (nSPS) is 29.5. The lowest BCUT2D eigenvalue weighted by Crippen LogP contribution is -2.45. The number of ether oxygens (including phenoxy) is 1. The third kappa shape index (κ3) is 2.25. The third-order valence-corrected chi connectivity index (χ3v) is 2.53. The lowest BCUT2D eigenvalue weighted by Gasteiger charge is -2.33. The van der Waals surface area contributed by atoms with Crippen LogP contribution in [-0.4, -0.2) is 26.2 Å². The van der Waals surface area contributed by atoms with Gasteiger partial charge in [0.2, 0.25) is 0 Å². The van der Waals surface area contributed by atoms with Crippen LogP contribution in [0.1, 0.15) is 13.3 Å². The highest BCUT2D eigenvalue weighted by molar-refractivity contribution is 5.85. The van der Waals surface area contributed by atoms with Crippen LogP contribution in [0, 0.1) is 5.41 Å². The minimum Gasteiger partial charge on any atom is -0.468 e. The van der Waals surface area contributed by atoms with E-state index in [-0.39, 0.29) is 18.4 Å². The number of methoxy groups -OCH3 is 1. The first-order valence-corrected chi connectivity index (χ1v) is 4.24. The van der Waals surface area contributed by atoms with E-state index in [2.05, 4.69) is 10.1 Å². The van der Waals surface area contributed by atoms with E-state index in [4.69, 9.17) is 0 Å². The highest BCUT2D eigenvalue weighted by Gasteiger charge is 2.40. The number of hydrogen-bond acceptors (Lipinski definition) is 3. The first-order valence-electron chi connectivity index (χ1n) is 4.24. The van der Waals surface area contributed by atoms with Crippen molar-refractivity contribution < 1.29 is 13.9 Å². The van der Waals surface area contributed by atoms with Gasteiger partial charge >= 0.3 is 5.97 Å². The zero-order valence-electron chi connectivity index (χ0n) is 8.30. The third-order valence-electron chi connectivity index (χ3n) is 2.53. The van der Waals surface area contributed by atoms with Gasteiger partial charge in [0, 0.05) is 6.54 Å². The summed E-state index contributed by atoms with van der Waals surface area (Å²) in [6, 6.07) is 0. The van der Waals surface area contributed by atoms with Gasteiger partial charge in [0.15, 0.2) is 0 Å². The van der Waals surface area contributed by atoms with Crippen LogP contribution < -0.4 is 5.32 Å². The summed E-state index contributed by atoms with van der Waals surface area (Å²) in [5.41, 5.74) is -0.319. The van der Waals surface area contributed by atoms with Gasteiger partial charge in [0.05, 0.1) is 13.4 Å². The molecule has 1 aliphatic rings. The predicted octanol–water partition coefficient (Wildman–Crippen LogP) is 1.43. The first-order chi connectivity index (χ1) is 6.15.